The summed E-state index contributed by atoms with van der Waals surface area (Å²) in [6, 6.07) is 5.09. The first kappa shape index (κ1) is 16.1. The highest BCUT2D eigenvalue weighted by atomic mass is 35.5. The van der Waals surface area contributed by atoms with Crippen LogP contribution in [0.3, 0.4) is 0 Å². The van der Waals surface area contributed by atoms with E-state index in [2.05, 4.69) is 6.92 Å². The van der Waals surface area contributed by atoms with Crippen LogP contribution in [0.15, 0.2) is 18.2 Å². The van der Waals surface area contributed by atoms with Gasteiger partial charge in [0.15, 0.2) is 0 Å². The lowest BCUT2D eigenvalue weighted by Gasteiger charge is -2.37. The van der Waals surface area contributed by atoms with Crippen LogP contribution in [0.5, 0.6) is 5.75 Å². The minimum Gasteiger partial charge on any atom is -0.496 e. The second-order valence-electron chi connectivity index (χ2n) is 5.93. The molecule has 1 fully saturated rings. The van der Waals surface area contributed by atoms with E-state index in [1.165, 1.54) is 0 Å². The van der Waals surface area contributed by atoms with Crippen molar-refractivity contribution in [2.75, 3.05) is 33.9 Å². The molecule has 116 valence electrons. The number of halogens is 1. The second kappa shape index (κ2) is 6.67. The standard InChI is InChI=1S/C16H22ClNO3/c1-16(6-8-21-9-7-16)11-18(2)15(19)13-5-4-12(17)10-14(13)20-3/h4-5,10H,6-9,11H2,1-3H3. The summed E-state index contributed by atoms with van der Waals surface area (Å²) in [7, 11) is 3.37. The fraction of sp³-hybridized carbons (Fsp3) is 0.562. The molecule has 1 heterocycles. The number of carbonyl (C=O) groups excluding carboxylic acids is 1. The van der Waals surface area contributed by atoms with Crippen molar-refractivity contribution in [2.45, 2.75) is 19.8 Å². The van der Waals surface area contributed by atoms with Crippen molar-refractivity contribution in [1.29, 1.82) is 0 Å². The van der Waals surface area contributed by atoms with E-state index < -0.39 is 0 Å². The van der Waals surface area contributed by atoms with E-state index in [-0.39, 0.29) is 11.3 Å². The molecule has 0 spiro atoms. The van der Waals surface area contributed by atoms with Gasteiger partial charge in [0.2, 0.25) is 0 Å². The number of benzene rings is 1. The Balaban J connectivity index is 2.12. The van der Waals surface area contributed by atoms with E-state index >= 15 is 0 Å². The smallest absolute Gasteiger partial charge is 0.257 e. The van der Waals surface area contributed by atoms with Gasteiger partial charge in [-0.3, -0.25) is 4.79 Å². The highest BCUT2D eigenvalue weighted by Crippen LogP contribution is 2.31. The van der Waals surface area contributed by atoms with Crippen molar-refractivity contribution in [3.8, 4) is 5.75 Å². The number of hydrogen-bond acceptors (Lipinski definition) is 3. The van der Waals surface area contributed by atoms with Crippen molar-refractivity contribution in [3.05, 3.63) is 28.8 Å². The summed E-state index contributed by atoms with van der Waals surface area (Å²) in [6.45, 7) is 4.45. The van der Waals surface area contributed by atoms with Gasteiger partial charge in [-0.1, -0.05) is 18.5 Å². The lowest BCUT2D eigenvalue weighted by molar-refractivity contribution is 0.00911. The van der Waals surface area contributed by atoms with Gasteiger partial charge in [-0.05, 0) is 36.5 Å². The summed E-state index contributed by atoms with van der Waals surface area (Å²) >= 11 is 5.94. The number of nitrogens with zero attached hydrogens (tertiary/aromatic N) is 1. The molecule has 1 aromatic carbocycles. The molecular weight excluding hydrogens is 290 g/mol. The van der Waals surface area contributed by atoms with E-state index in [1.54, 1.807) is 30.2 Å². The van der Waals surface area contributed by atoms with Gasteiger partial charge in [0.1, 0.15) is 5.75 Å². The zero-order valence-electron chi connectivity index (χ0n) is 12.8. The first-order chi connectivity index (χ1) is 9.95. The lowest BCUT2D eigenvalue weighted by Crippen LogP contribution is -2.40. The maximum absolute atomic E-state index is 12.6. The molecule has 2 rings (SSSR count). The molecule has 1 aromatic rings. The molecule has 0 saturated carbocycles. The summed E-state index contributed by atoms with van der Waals surface area (Å²) in [6.07, 6.45) is 1.95. The maximum atomic E-state index is 12.6. The SMILES string of the molecule is COc1cc(Cl)ccc1C(=O)N(C)CC1(C)CCOCC1. The van der Waals surface area contributed by atoms with Crippen LogP contribution < -0.4 is 4.74 Å². The molecule has 1 amide bonds. The Hall–Kier alpha value is -1.26. The molecule has 0 bridgehead atoms. The first-order valence-electron chi connectivity index (χ1n) is 7.12. The molecule has 21 heavy (non-hydrogen) atoms. The predicted molar refractivity (Wildman–Crippen MR) is 83.1 cm³/mol. The summed E-state index contributed by atoms with van der Waals surface area (Å²) in [5.41, 5.74) is 0.655. The third kappa shape index (κ3) is 3.89. The number of carbonyl (C=O) groups is 1. The van der Waals surface area contributed by atoms with Crippen LogP contribution in [0, 0.1) is 5.41 Å². The van der Waals surface area contributed by atoms with E-state index in [9.17, 15) is 4.79 Å². The lowest BCUT2D eigenvalue weighted by atomic mass is 9.82. The Bertz CT molecular complexity index is 512. The maximum Gasteiger partial charge on any atom is 0.257 e. The molecule has 0 aromatic heterocycles. The molecule has 1 saturated heterocycles. The van der Waals surface area contributed by atoms with Gasteiger partial charge in [0.05, 0.1) is 12.7 Å². The van der Waals surface area contributed by atoms with Crippen LogP contribution in [0.4, 0.5) is 0 Å². The highest BCUT2D eigenvalue weighted by molar-refractivity contribution is 6.30. The van der Waals surface area contributed by atoms with E-state index in [1.807, 2.05) is 7.05 Å². The number of ether oxygens (including phenoxy) is 2. The average molecular weight is 312 g/mol. The minimum atomic E-state index is -0.0452. The molecule has 0 N–H and O–H groups in total. The Morgan fingerprint density at radius 3 is 2.71 bits per heavy atom. The van der Waals surface area contributed by atoms with Gasteiger partial charge in [0, 0.05) is 31.8 Å². The van der Waals surface area contributed by atoms with Crippen LogP contribution in [0.1, 0.15) is 30.1 Å². The quantitative estimate of drug-likeness (QED) is 0.857. The zero-order chi connectivity index (χ0) is 15.5. The van der Waals surface area contributed by atoms with Gasteiger partial charge in [-0.2, -0.15) is 0 Å². The van der Waals surface area contributed by atoms with Crippen LogP contribution >= 0.6 is 11.6 Å². The third-order valence-corrected chi connectivity index (χ3v) is 4.29. The average Bonchev–Trinajstić information content (AvgIpc) is 2.46. The molecule has 0 unspecified atom stereocenters. The second-order valence-corrected chi connectivity index (χ2v) is 6.37. The largest absolute Gasteiger partial charge is 0.496 e. The van der Waals surface area contributed by atoms with Gasteiger partial charge in [-0.25, -0.2) is 0 Å². The Morgan fingerprint density at radius 2 is 2.10 bits per heavy atom. The Kier molecular flexibility index (Phi) is 5.12. The fourth-order valence-electron chi connectivity index (χ4n) is 2.71. The zero-order valence-corrected chi connectivity index (χ0v) is 13.6. The van der Waals surface area contributed by atoms with E-state index in [0.29, 0.717) is 22.9 Å². The molecular formula is C16H22ClNO3. The predicted octanol–water partition coefficient (Wildman–Crippen LogP) is 3.24. The topological polar surface area (TPSA) is 38.8 Å². The van der Waals surface area contributed by atoms with Gasteiger partial charge < -0.3 is 14.4 Å². The van der Waals surface area contributed by atoms with Crippen LogP contribution in [-0.4, -0.2) is 44.7 Å². The first-order valence-corrected chi connectivity index (χ1v) is 7.50. The number of hydrogen-bond donors (Lipinski definition) is 0. The van der Waals surface area contributed by atoms with Crippen molar-refractivity contribution in [1.82, 2.24) is 4.90 Å². The Morgan fingerprint density at radius 1 is 1.43 bits per heavy atom. The van der Waals surface area contributed by atoms with Crippen LogP contribution in [-0.2, 0) is 4.74 Å². The summed E-state index contributed by atoms with van der Waals surface area (Å²) in [4.78, 5) is 14.4. The van der Waals surface area contributed by atoms with Gasteiger partial charge in [0.25, 0.3) is 5.91 Å². The number of rotatable bonds is 4. The van der Waals surface area contributed by atoms with Gasteiger partial charge in [-0.15, -0.1) is 0 Å². The highest BCUT2D eigenvalue weighted by Gasteiger charge is 2.30. The van der Waals surface area contributed by atoms with E-state index in [0.717, 1.165) is 26.1 Å². The molecule has 1 aliphatic rings. The van der Waals surface area contributed by atoms with Crippen molar-refractivity contribution in [2.24, 2.45) is 5.41 Å². The summed E-state index contributed by atoms with van der Waals surface area (Å²) in [5.74, 6) is 0.465. The Labute approximate surface area is 131 Å². The molecule has 5 heteroatoms. The van der Waals surface area contributed by atoms with Gasteiger partial charge >= 0.3 is 0 Å². The van der Waals surface area contributed by atoms with E-state index in [4.69, 9.17) is 21.1 Å². The monoisotopic (exact) mass is 311 g/mol. The molecule has 0 aliphatic carbocycles. The molecule has 1 aliphatic heterocycles. The minimum absolute atomic E-state index is 0.0452. The molecule has 4 nitrogen and oxygen atoms in total. The number of methoxy groups -OCH3 is 1. The molecule has 0 atom stereocenters. The van der Waals surface area contributed by atoms with Crippen LogP contribution in [0.2, 0.25) is 5.02 Å². The van der Waals surface area contributed by atoms with Crippen molar-refractivity contribution >= 4 is 17.5 Å². The van der Waals surface area contributed by atoms with Crippen molar-refractivity contribution < 1.29 is 14.3 Å². The fourth-order valence-corrected chi connectivity index (χ4v) is 2.88. The normalized spacial score (nSPS) is 17.3. The molecule has 0 radical (unpaired) electrons. The third-order valence-electron chi connectivity index (χ3n) is 4.06. The number of amides is 1. The van der Waals surface area contributed by atoms with Crippen LogP contribution in [0.25, 0.3) is 0 Å². The summed E-state index contributed by atoms with van der Waals surface area (Å²) < 4.78 is 10.7. The summed E-state index contributed by atoms with van der Waals surface area (Å²) in [5, 5.41) is 0.558. The van der Waals surface area contributed by atoms with Crippen molar-refractivity contribution in [3.63, 3.8) is 0 Å².